The fourth-order valence-corrected chi connectivity index (χ4v) is 3.25. The molecule has 24 heavy (non-hydrogen) atoms. The SMILES string of the molecule is CC(Sc1nnc(-c2ccco2)o1)C(=O)Nc1sccc1C(N)=O. The number of aromatic nitrogens is 2. The first-order chi connectivity index (χ1) is 11.5. The van der Waals surface area contributed by atoms with Gasteiger partial charge in [0.2, 0.25) is 5.91 Å². The molecule has 0 radical (unpaired) electrons. The van der Waals surface area contributed by atoms with Crippen LogP contribution in [0.25, 0.3) is 11.7 Å². The second kappa shape index (κ2) is 6.89. The minimum Gasteiger partial charge on any atom is -0.459 e. The Hall–Kier alpha value is -2.59. The number of primary amides is 1. The van der Waals surface area contributed by atoms with Gasteiger partial charge < -0.3 is 19.9 Å². The van der Waals surface area contributed by atoms with Crippen molar-refractivity contribution < 1.29 is 18.4 Å². The molecule has 124 valence electrons. The zero-order chi connectivity index (χ0) is 17.1. The number of carbonyl (C=O) groups excluding carboxylic acids is 2. The van der Waals surface area contributed by atoms with Crippen molar-refractivity contribution in [2.75, 3.05) is 5.32 Å². The van der Waals surface area contributed by atoms with E-state index >= 15 is 0 Å². The Morgan fingerprint density at radius 1 is 1.38 bits per heavy atom. The van der Waals surface area contributed by atoms with Gasteiger partial charge in [0, 0.05) is 0 Å². The van der Waals surface area contributed by atoms with E-state index in [4.69, 9.17) is 14.6 Å². The van der Waals surface area contributed by atoms with E-state index in [1.54, 1.807) is 30.5 Å². The number of nitrogens with two attached hydrogens (primary N) is 1. The third-order valence-electron chi connectivity index (χ3n) is 2.95. The molecule has 10 heteroatoms. The Kier molecular flexibility index (Phi) is 4.67. The summed E-state index contributed by atoms with van der Waals surface area (Å²) in [5, 5.41) is 12.2. The average molecular weight is 364 g/mol. The van der Waals surface area contributed by atoms with Crippen molar-refractivity contribution >= 4 is 39.9 Å². The van der Waals surface area contributed by atoms with Gasteiger partial charge in [-0.1, -0.05) is 11.8 Å². The molecule has 0 aliphatic rings. The number of anilines is 1. The molecule has 0 aliphatic carbocycles. The Balaban J connectivity index is 1.64. The van der Waals surface area contributed by atoms with Crippen molar-refractivity contribution in [2.24, 2.45) is 5.73 Å². The van der Waals surface area contributed by atoms with E-state index in [0.717, 1.165) is 11.8 Å². The molecule has 3 heterocycles. The molecule has 2 amide bonds. The highest BCUT2D eigenvalue weighted by Gasteiger charge is 2.21. The first-order valence-electron chi connectivity index (χ1n) is 6.77. The summed E-state index contributed by atoms with van der Waals surface area (Å²) >= 11 is 2.33. The lowest BCUT2D eigenvalue weighted by Gasteiger charge is -2.09. The molecule has 1 unspecified atom stereocenters. The lowest BCUT2D eigenvalue weighted by atomic mass is 10.3. The standard InChI is InChI=1S/C14H12N4O4S2/c1-7(11(20)16-13-8(10(15)19)4-6-23-13)24-14-18-17-12(22-14)9-3-2-5-21-9/h2-7H,1H3,(H2,15,19)(H,16,20). The molecule has 0 spiro atoms. The van der Waals surface area contributed by atoms with Crippen LogP contribution in [0.1, 0.15) is 17.3 Å². The van der Waals surface area contributed by atoms with Crippen molar-refractivity contribution in [3.8, 4) is 11.7 Å². The number of furan rings is 1. The van der Waals surface area contributed by atoms with Crippen LogP contribution in [-0.2, 0) is 4.79 Å². The fourth-order valence-electron chi connectivity index (χ4n) is 1.78. The normalized spacial score (nSPS) is 12.0. The summed E-state index contributed by atoms with van der Waals surface area (Å²) in [5.41, 5.74) is 5.53. The van der Waals surface area contributed by atoms with Crippen LogP contribution in [-0.4, -0.2) is 27.3 Å². The van der Waals surface area contributed by atoms with Crippen LogP contribution >= 0.6 is 23.1 Å². The van der Waals surface area contributed by atoms with Gasteiger partial charge >= 0.3 is 0 Å². The number of nitrogens with one attached hydrogen (secondary N) is 1. The lowest BCUT2D eigenvalue weighted by Crippen LogP contribution is -2.23. The molecule has 1 atom stereocenters. The van der Waals surface area contributed by atoms with Crippen LogP contribution in [0.5, 0.6) is 0 Å². The zero-order valence-corrected chi connectivity index (χ0v) is 14.0. The maximum absolute atomic E-state index is 12.2. The molecule has 0 aromatic carbocycles. The minimum absolute atomic E-state index is 0.240. The van der Waals surface area contributed by atoms with Gasteiger partial charge in [0.05, 0.1) is 17.1 Å². The van der Waals surface area contributed by atoms with E-state index in [1.165, 1.54) is 17.6 Å². The van der Waals surface area contributed by atoms with Crippen LogP contribution < -0.4 is 11.1 Å². The molecular weight excluding hydrogens is 352 g/mol. The van der Waals surface area contributed by atoms with Crippen LogP contribution in [0, 0.1) is 0 Å². The van der Waals surface area contributed by atoms with Crippen LogP contribution in [0.2, 0.25) is 0 Å². The molecular formula is C14H12N4O4S2. The maximum atomic E-state index is 12.2. The van der Waals surface area contributed by atoms with Crippen molar-refractivity contribution in [3.05, 3.63) is 35.4 Å². The van der Waals surface area contributed by atoms with Gasteiger partial charge in [0.1, 0.15) is 5.00 Å². The summed E-state index contributed by atoms with van der Waals surface area (Å²) in [6.45, 7) is 1.69. The van der Waals surface area contributed by atoms with E-state index < -0.39 is 11.2 Å². The van der Waals surface area contributed by atoms with Crippen LogP contribution in [0.15, 0.2) is 43.9 Å². The van der Waals surface area contributed by atoms with Crippen LogP contribution in [0.4, 0.5) is 5.00 Å². The van der Waals surface area contributed by atoms with Gasteiger partial charge in [-0.15, -0.1) is 21.5 Å². The second-order valence-electron chi connectivity index (χ2n) is 4.63. The van der Waals surface area contributed by atoms with Gasteiger partial charge in [-0.3, -0.25) is 9.59 Å². The van der Waals surface area contributed by atoms with E-state index in [0.29, 0.717) is 10.8 Å². The zero-order valence-electron chi connectivity index (χ0n) is 12.4. The first kappa shape index (κ1) is 16.3. The quantitative estimate of drug-likeness (QED) is 0.644. The van der Waals surface area contributed by atoms with Crippen molar-refractivity contribution in [1.29, 1.82) is 0 Å². The summed E-state index contributed by atoms with van der Waals surface area (Å²) in [6.07, 6.45) is 1.50. The largest absolute Gasteiger partial charge is 0.459 e. The molecule has 0 aliphatic heterocycles. The molecule has 0 bridgehead atoms. The highest BCUT2D eigenvalue weighted by atomic mass is 32.2. The Bertz CT molecular complexity index is 856. The van der Waals surface area contributed by atoms with Gasteiger partial charge in [0.15, 0.2) is 5.76 Å². The highest BCUT2D eigenvalue weighted by molar-refractivity contribution is 8.00. The molecule has 3 aromatic rings. The number of rotatable bonds is 6. The molecule has 8 nitrogen and oxygen atoms in total. The van der Waals surface area contributed by atoms with E-state index in [9.17, 15) is 9.59 Å². The topological polar surface area (TPSA) is 124 Å². The van der Waals surface area contributed by atoms with Crippen LogP contribution in [0.3, 0.4) is 0 Å². The fraction of sp³-hybridized carbons (Fsp3) is 0.143. The highest BCUT2D eigenvalue weighted by Crippen LogP contribution is 2.28. The molecule has 3 aromatic heterocycles. The number of hydrogen-bond acceptors (Lipinski definition) is 8. The summed E-state index contributed by atoms with van der Waals surface area (Å²) < 4.78 is 10.6. The molecule has 3 rings (SSSR count). The number of amides is 2. The van der Waals surface area contributed by atoms with E-state index in [1.807, 2.05) is 0 Å². The van der Waals surface area contributed by atoms with Gasteiger partial charge in [0.25, 0.3) is 17.0 Å². The Morgan fingerprint density at radius 3 is 2.92 bits per heavy atom. The summed E-state index contributed by atoms with van der Waals surface area (Å²) in [4.78, 5) is 23.5. The van der Waals surface area contributed by atoms with Crippen molar-refractivity contribution in [2.45, 2.75) is 17.4 Å². The molecule has 0 saturated heterocycles. The lowest BCUT2D eigenvalue weighted by molar-refractivity contribution is -0.115. The predicted molar refractivity (Wildman–Crippen MR) is 88.8 cm³/mol. The third-order valence-corrected chi connectivity index (χ3v) is 4.72. The number of carbonyl (C=O) groups is 2. The number of thiophene rings is 1. The Morgan fingerprint density at radius 2 is 2.21 bits per heavy atom. The molecule has 0 fully saturated rings. The average Bonchev–Trinajstić information content (AvgIpc) is 3.28. The van der Waals surface area contributed by atoms with E-state index in [-0.39, 0.29) is 22.6 Å². The Labute approximate surface area is 144 Å². The van der Waals surface area contributed by atoms with Crippen molar-refractivity contribution in [3.63, 3.8) is 0 Å². The van der Waals surface area contributed by atoms with Gasteiger partial charge in [-0.2, -0.15) is 0 Å². The summed E-state index contributed by atoms with van der Waals surface area (Å²) in [5.74, 6) is -0.199. The summed E-state index contributed by atoms with van der Waals surface area (Å²) in [7, 11) is 0. The maximum Gasteiger partial charge on any atom is 0.284 e. The monoisotopic (exact) mass is 364 g/mol. The minimum atomic E-state index is -0.591. The second-order valence-corrected chi connectivity index (χ2v) is 6.84. The van der Waals surface area contributed by atoms with Gasteiger partial charge in [-0.25, -0.2) is 0 Å². The molecule has 3 N–H and O–H groups in total. The smallest absolute Gasteiger partial charge is 0.284 e. The first-order valence-corrected chi connectivity index (χ1v) is 8.52. The molecule has 0 saturated carbocycles. The number of nitrogens with zero attached hydrogens (tertiary/aromatic N) is 2. The van der Waals surface area contributed by atoms with Gasteiger partial charge in [-0.05, 0) is 30.5 Å². The predicted octanol–water partition coefficient (Wildman–Crippen LogP) is 2.61. The van der Waals surface area contributed by atoms with Crippen molar-refractivity contribution in [1.82, 2.24) is 10.2 Å². The summed E-state index contributed by atoms with van der Waals surface area (Å²) in [6, 6.07) is 4.97. The number of hydrogen-bond donors (Lipinski definition) is 2. The van der Waals surface area contributed by atoms with E-state index in [2.05, 4.69) is 15.5 Å². The third kappa shape index (κ3) is 3.49. The number of thioether (sulfide) groups is 1.